The summed E-state index contributed by atoms with van der Waals surface area (Å²) in [7, 11) is 2.39. The van der Waals surface area contributed by atoms with Crippen molar-refractivity contribution in [3.63, 3.8) is 0 Å². The molecular weight excluding hydrogens is 246 g/mol. The van der Waals surface area contributed by atoms with Gasteiger partial charge in [-0.15, -0.1) is 12.4 Å². The number of aliphatic hydroxyl groups is 1. The first-order chi connectivity index (χ1) is 8.18. The monoisotopic (exact) mass is 268 g/mol. The van der Waals surface area contributed by atoms with E-state index < -0.39 is 0 Å². The molecule has 2 aliphatic heterocycles. The molecule has 2 aliphatic rings. The van der Waals surface area contributed by atoms with E-state index in [1.165, 1.54) is 18.4 Å². The van der Waals surface area contributed by atoms with Crippen LogP contribution in [0.3, 0.4) is 0 Å². The Morgan fingerprint density at radius 1 is 1.11 bits per heavy atom. The second kappa shape index (κ2) is 5.20. The maximum absolute atomic E-state index is 9.88. The summed E-state index contributed by atoms with van der Waals surface area (Å²) in [4.78, 5) is 0. The number of quaternary nitrogens is 1. The first kappa shape index (κ1) is 13.9. The zero-order valence-electron chi connectivity index (χ0n) is 11.0. The third-order valence-electron chi connectivity index (χ3n) is 4.96. The van der Waals surface area contributed by atoms with Crippen molar-refractivity contribution in [3.8, 4) is 0 Å². The summed E-state index contributed by atoms with van der Waals surface area (Å²) in [5.41, 5.74) is 1.43. The Morgan fingerprint density at radius 3 is 2.22 bits per heavy atom. The molecule has 18 heavy (non-hydrogen) atoms. The molecule has 1 aromatic rings. The molecule has 0 saturated carbocycles. The molecule has 0 amide bonds. The van der Waals surface area contributed by atoms with Crippen LogP contribution in [0.15, 0.2) is 30.3 Å². The predicted octanol–water partition coefficient (Wildman–Crippen LogP) is 2.74. The molecule has 1 N–H and O–H groups in total. The van der Waals surface area contributed by atoms with Gasteiger partial charge in [-0.1, -0.05) is 30.3 Å². The van der Waals surface area contributed by atoms with Crippen molar-refractivity contribution in [2.45, 2.75) is 50.4 Å². The lowest BCUT2D eigenvalue weighted by atomic mass is 9.96. The molecule has 0 aromatic heterocycles. The number of nitrogens with zero attached hydrogens (tertiary/aromatic N) is 1. The highest BCUT2D eigenvalue weighted by atomic mass is 35.5. The lowest BCUT2D eigenvalue weighted by molar-refractivity contribution is -0.961. The molecule has 2 nitrogen and oxygen atoms in total. The average molecular weight is 269 g/mol. The van der Waals surface area contributed by atoms with Crippen molar-refractivity contribution in [1.29, 1.82) is 0 Å². The van der Waals surface area contributed by atoms with E-state index in [2.05, 4.69) is 37.4 Å². The van der Waals surface area contributed by atoms with Gasteiger partial charge in [0.25, 0.3) is 0 Å². The van der Waals surface area contributed by atoms with E-state index in [0.717, 1.165) is 23.9 Å². The van der Waals surface area contributed by atoms with Crippen molar-refractivity contribution in [2.75, 3.05) is 7.05 Å². The molecule has 0 aliphatic carbocycles. The Labute approximate surface area is 116 Å². The van der Waals surface area contributed by atoms with E-state index in [9.17, 15) is 5.11 Å². The van der Waals surface area contributed by atoms with Crippen LogP contribution < -0.4 is 0 Å². The largest absolute Gasteiger partial charge is 0.393 e. The Balaban J connectivity index is 0.00000120. The normalized spacial score (nSPS) is 38.2. The fourth-order valence-corrected chi connectivity index (χ4v) is 3.95. The fraction of sp³-hybridized carbons (Fsp3) is 0.600. The molecule has 0 radical (unpaired) electrons. The smallest absolute Gasteiger partial charge is 0.105 e. The molecule has 2 atom stereocenters. The standard InChI is InChI=1S/C15H22NO.ClH/c1-16(11-12-5-3-2-4-6-12)13-7-8-14(16)10-15(17)9-13;/h2-6,13-15,17H,7-11H2,1H3;1H/q+1;. The molecule has 1 aromatic carbocycles. The minimum atomic E-state index is -0.0468. The Hall–Kier alpha value is -0.570. The Morgan fingerprint density at radius 2 is 1.67 bits per heavy atom. The first-order valence-corrected chi connectivity index (χ1v) is 6.75. The van der Waals surface area contributed by atoms with Gasteiger partial charge in [0.2, 0.25) is 0 Å². The van der Waals surface area contributed by atoms with Crippen LogP contribution >= 0.6 is 12.4 Å². The third-order valence-corrected chi connectivity index (χ3v) is 4.96. The SMILES string of the molecule is C[N+]1(Cc2ccccc2)C2CCC1CC(O)C2.Cl. The van der Waals surface area contributed by atoms with Crippen LogP contribution in [-0.2, 0) is 6.54 Å². The second-order valence-corrected chi connectivity index (χ2v) is 6.00. The molecule has 2 heterocycles. The van der Waals surface area contributed by atoms with Crippen LogP contribution in [0.4, 0.5) is 0 Å². The highest BCUT2D eigenvalue weighted by Gasteiger charge is 2.50. The van der Waals surface area contributed by atoms with Gasteiger partial charge in [-0.2, -0.15) is 0 Å². The summed E-state index contributed by atoms with van der Waals surface area (Å²) in [6.07, 6.45) is 4.55. The molecule has 0 spiro atoms. The van der Waals surface area contributed by atoms with Crippen LogP contribution in [0, 0.1) is 0 Å². The van der Waals surface area contributed by atoms with Crippen molar-refractivity contribution >= 4 is 12.4 Å². The van der Waals surface area contributed by atoms with Gasteiger partial charge in [0.05, 0.1) is 25.2 Å². The fourth-order valence-electron chi connectivity index (χ4n) is 3.95. The van der Waals surface area contributed by atoms with Gasteiger partial charge in [0.15, 0.2) is 0 Å². The van der Waals surface area contributed by atoms with E-state index in [1.54, 1.807) is 0 Å². The summed E-state index contributed by atoms with van der Waals surface area (Å²) in [5, 5.41) is 9.88. The highest BCUT2D eigenvalue weighted by molar-refractivity contribution is 5.85. The number of hydrogen-bond acceptors (Lipinski definition) is 1. The minimum Gasteiger partial charge on any atom is -0.393 e. The average Bonchev–Trinajstić information content (AvgIpc) is 2.52. The maximum Gasteiger partial charge on any atom is 0.105 e. The summed E-state index contributed by atoms with van der Waals surface area (Å²) in [5.74, 6) is 0. The van der Waals surface area contributed by atoms with Crippen LogP contribution in [0.5, 0.6) is 0 Å². The predicted molar refractivity (Wildman–Crippen MR) is 75.6 cm³/mol. The van der Waals surface area contributed by atoms with Crippen molar-refractivity contribution in [1.82, 2.24) is 0 Å². The second-order valence-electron chi connectivity index (χ2n) is 6.00. The van der Waals surface area contributed by atoms with Crippen LogP contribution in [0.25, 0.3) is 0 Å². The molecule has 100 valence electrons. The Kier molecular flexibility index (Phi) is 4.00. The first-order valence-electron chi connectivity index (χ1n) is 6.75. The number of aliphatic hydroxyl groups excluding tert-OH is 1. The number of fused-ring (bicyclic) bond motifs is 2. The number of benzene rings is 1. The third kappa shape index (κ3) is 2.29. The lowest BCUT2D eigenvalue weighted by Gasteiger charge is -2.46. The summed E-state index contributed by atoms with van der Waals surface area (Å²) >= 11 is 0. The van der Waals surface area contributed by atoms with Crippen LogP contribution in [0.1, 0.15) is 31.2 Å². The molecular formula is C15H23ClNO+. The Bertz CT molecular complexity index is 381. The quantitative estimate of drug-likeness (QED) is 0.818. The number of piperidine rings is 1. The lowest BCUT2D eigenvalue weighted by Crippen LogP contribution is -2.57. The number of halogens is 1. The number of rotatable bonds is 2. The summed E-state index contributed by atoms with van der Waals surface area (Å²) in [6.45, 7) is 1.13. The molecule has 2 unspecified atom stereocenters. The summed E-state index contributed by atoms with van der Waals surface area (Å²) in [6, 6.07) is 12.1. The van der Waals surface area contributed by atoms with Gasteiger partial charge in [-0.05, 0) is 0 Å². The van der Waals surface area contributed by atoms with Crippen LogP contribution in [0.2, 0.25) is 0 Å². The maximum atomic E-state index is 9.88. The van der Waals surface area contributed by atoms with Gasteiger partial charge in [0.1, 0.15) is 6.54 Å². The number of hydrogen-bond donors (Lipinski definition) is 1. The van der Waals surface area contributed by atoms with Gasteiger partial charge >= 0.3 is 0 Å². The van der Waals surface area contributed by atoms with Crippen molar-refractivity contribution < 1.29 is 9.59 Å². The molecule has 2 saturated heterocycles. The van der Waals surface area contributed by atoms with E-state index in [0.29, 0.717) is 12.1 Å². The van der Waals surface area contributed by atoms with Gasteiger partial charge in [0, 0.05) is 31.2 Å². The summed E-state index contributed by atoms with van der Waals surface area (Å²) < 4.78 is 1.15. The van der Waals surface area contributed by atoms with E-state index >= 15 is 0 Å². The van der Waals surface area contributed by atoms with Gasteiger partial charge in [-0.3, -0.25) is 0 Å². The van der Waals surface area contributed by atoms with Gasteiger partial charge in [-0.25, -0.2) is 0 Å². The van der Waals surface area contributed by atoms with Crippen LogP contribution in [-0.4, -0.2) is 34.8 Å². The molecule has 3 rings (SSSR count). The molecule has 2 bridgehead atoms. The molecule has 3 heteroatoms. The van der Waals surface area contributed by atoms with E-state index in [4.69, 9.17) is 0 Å². The van der Waals surface area contributed by atoms with E-state index in [-0.39, 0.29) is 18.5 Å². The molecule has 2 fully saturated rings. The topological polar surface area (TPSA) is 20.2 Å². The minimum absolute atomic E-state index is 0. The van der Waals surface area contributed by atoms with E-state index in [1.807, 2.05) is 0 Å². The van der Waals surface area contributed by atoms with Crippen molar-refractivity contribution in [2.24, 2.45) is 0 Å². The van der Waals surface area contributed by atoms with Gasteiger partial charge < -0.3 is 9.59 Å². The van der Waals surface area contributed by atoms with Crippen molar-refractivity contribution in [3.05, 3.63) is 35.9 Å². The highest BCUT2D eigenvalue weighted by Crippen LogP contribution is 2.42. The zero-order chi connectivity index (χ0) is 11.9. The zero-order valence-corrected chi connectivity index (χ0v) is 11.8.